The molecule has 128 valence electrons. The van der Waals surface area contributed by atoms with Gasteiger partial charge in [-0.2, -0.15) is 0 Å². The first kappa shape index (κ1) is 16.4. The fraction of sp³-hybridized carbons (Fsp3) is 0.176. The molecule has 0 aliphatic heterocycles. The minimum absolute atomic E-state index is 0.00920. The molecule has 0 radical (unpaired) electrons. The van der Waals surface area contributed by atoms with E-state index in [0.29, 0.717) is 16.6 Å². The second-order valence-electron chi connectivity index (χ2n) is 5.44. The summed E-state index contributed by atoms with van der Waals surface area (Å²) in [5, 5.41) is 0.270. The quantitative estimate of drug-likeness (QED) is 0.534. The molecule has 25 heavy (non-hydrogen) atoms. The lowest BCUT2D eigenvalue weighted by molar-refractivity contribution is 0.0585. The van der Waals surface area contributed by atoms with Gasteiger partial charge in [-0.25, -0.2) is 9.59 Å². The lowest BCUT2D eigenvalue weighted by Gasteiger charge is -2.09. The van der Waals surface area contributed by atoms with Crippen LogP contribution < -0.4 is 10.9 Å². The fourth-order valence-electron chi connectivity index (χ4n) is 2.78. The number of pyridine rings is 2. The summed E-state index contributed by atoms with van der Waals surface area (Å²) >= 11 is 0. The van der Waals surface area contributed by atoms with E-state index in [1.807, 2.05) is 0 Å². The van der Waals surface area contributed by atoms with Gasteiger partial charge in [-0.05, 0) is 18.6 Å². The number of carbonyl (C=O) groups excluding carboxylic acids is 2. The summed E-state index contributed by atoms with van der Waals surface area (Å²) in [5.41, 5.74) is 0.273. The van der Waals surface area contributed by atoms with E-state index in [9.17, 15) is 19.2 Å². The van der Waals surface area contributed by atoms with Crippen molar-refractivity contribution in [3.63, 3.8) is 0 Å². The minimum Gasteiger partial charge on any atom is -0.464 e. The number of aryl methyl sites for hydroxylation is 1. The second-order valence-corrected chi connectivity index (χ2v) is 5.44. The molecule has 0 aliphatic rings. The van der Waals surface area contributed by atoms with Crippen LogP contribution in [0.25, 0.3) is 21.8 Å². The van der Waals surface area contributed by atoms with E-state index in [2.05, 4.69) is 19.4 Å². The Morgan fingerprint density at radius 3 is 1.92 bits per heavy atom. The molecule has 3 rings (SSSR count). The number of aromatic amines is 2. The van der Waals surface area contributed by atoms with Gasteiger partial charge in [0.1, 0.15) is 11.4 Å². The molecule has 2 heterocycles. The van der Waals surface area contributed by atoms with Crippen molar-refractivity contribution in [3.05, 3.63) is 55.6 Å². The molecule has 0 fully saturated rings. The van der Waals surface area contributed by atoms with Crippen molar-refractivity contribution in [1.82, 2.24) is 9.97 Å². The number of nitrogens with one attached hydrogen (secondary N) is 2. The SMILES string of the molecule is COC(=O)c1cc(=O)c2c(cc(C)c3[nH]c(C(=O)OC)cc(=O)c32)[nH]1. The highest BCUT2D eigenvalue weighted by Crippen LogP contribution is 2.22. The topological polar surface area (TPSA) is 118 Å². The molecule has 8 heteroatoms. The van der Waals surface area contributed by atoms with Crippen LogP contribution in [-0.2, 0) is 9.47 Å². The molecule has 0 spiro atoms. The highest BCUT2D eigenvalue weighted by Gasteiger charge is 2.17. The van der Waals surface area contributed by atoms with Crippen molar-refractivity contribution in [2.75, 3.05) is 14.2 Å². The number of carbonyl (C=O) groups is 2. The predicted molar refractivity (Wildman–Crippen MR) is 90.1 cm³/mol. The number of ether oxygens (including phenoxy) is 2. The monoisotopic (exact) mass is 342 g/mol. The third kappa shape index (κ3) is 2.57. The number of aromatic nitrogens is 2. The second kappa shape index (κ2) is 5.90. The summed E-state index contributed by atoms with van der Waals surface area (Å²) < 4.78 is 9.23. The van der Waals surface area contributed by atoms with Gasteiger partial charge in [0, 0.05) is 12.1 Å². The number of benzene rings is 1. The highest BCUT2D eigenvalue weighted by molar-refractivity contribution is 6.07. The molecule has 1 aromatic carbocycles. The molecule has 0 saturated heterocycles. The molecule has 0 amide bonds. The van der Waals surface area contributed by atoms with Crippen LogP contribution in [-0.4, -0.2) is 36.1 Å². The Kier molecular flexibility index (Phi) is 3.88. The van der Waals surface area contributed by atoms with Crippen LogP contribution in [0.2, 0.25) is 0 Å². The molecule has 2 aromatic heterocycles. The predicted octanol–water partition coefficient (Wildman–Crippen LogP) is 1.25. The average Bonchev–Trinajstić information content (AvgIpc) is 2.60. The zero-order valence-electron chi connectivity index (χ0n) is 13.7. The summed E-state index contributed by atoms with van der Waals surface area (Å²) in [6.45, 7) is 1.71. The summed E-state index contributed by atoms with van der Waals surface area (Å²) in [6.07, 6.45) is 0. The van der Waals surface area contributed by atoms with Gasteiger partial charge >= 0.3 is 11.9 Å². The third-order valence-corrected chi connectivity index (χ3v) is 3.91. The fourth-order valence-corrected chi connectivity index (χ4v) is 2.78. The first-order chi connectivity index (χ1) is 11.9. The number of methoxy groups -OCH3 is 2. The Bertz CT molecular complexity index is 1160. The van der Waals surface area contributed by atoms with E-state index in [1.165, 1.54) is 14.2 Å². The Balaban J connectivity index is 2.47. The summed E-state index contributed by atoms with van der Waals surface area (Å²) in [5.74, 6) is -1.37. The molecule has 8 nitrogen and oxygen atoms in total. The Hall–Kier alpha value is -3.42. The summed E-state index contributed by atoms with van der Waals surface area (Å²) in [6, 6.07) is 3.78. The van der Waals surface area contributed by atoms with Gasteiger partial charge in [0.25, 0.3) is 0 Å². The number of rotatable bonds is 2. The molecule has 0 atom stereocenters. The molecule has 0 aliphatic carbocycles. The van der Waals surface area contributed by atoms with Crippen LogP contribution in [0.5, 0.6) is 0 Å². The van der Waals surface area contributed by atoms with Gasteiger partial charge in [-0.3, -0.25) is 9.59 Å². The average molecular weight is 342 g/mol. The van der Waals surface area contributed by atoms with Gasteiger partial charge in [0.05, 0.1) is 36.0 Å². The van der Waals surface area contributed by atoms with Crippen LogP contribution in [0.15, 0.2) is 27.8 Å². The van der Waals surface area contributed by atoms with Crippen LogP contribution in [0.1, 0.15) is 26.5 Å². The van der Waals surface area contributed by atoms with Crippen molar-refractivity contribution in [3.8, 4) is 0 Å². The van der Waals surface area contributed by atoms with Crippen LogP contribution in [0.3, 0.4) is 0 Å². The normalized spacial score (nSPS) is 10.8. The smallest absolute Gasteiger partial charge is 0.354 e. The molecule has 2 N–H and O–H groups in total. The molecule has 3 aromatic rings. The maximum absolute atomic E-state index is 12.5. The maximum atomic E-state index is 12.5. The number of H-pyrrole nitrogens is 2. The van der Waals surface area contributed by atoms with E-state index < -0.39 is 22.8 Å². The van der Waals surface area contributed by atoms with E-state index in [4.69, 9.17) is 0 Å². The first-order valence-corrected chi connectivity index (χ1v) is 7.27. The molecule has 0 saturated carbocycles. The van der Waals surface area contributed by atoms with Crippen molar-refractivity contribution in [2.45, 2.75) is 6.92 Å². The van der Waals surface area contributed by atoms with Gasteiger partial charge in [0.15, 0.2) is 10.9 Å². The Morgan fingerprint density at radius 2 is 1.36 bits per heavy atom. The number of hydrogen-bond donors (Lipinski definition) is 2. The molecular formula is C17H14N2O6. The highest BCUT2D eigenvalue weighted by atomic mass is 16.5. The van der Waals surface area contributed by atoms with Crippen LogP contribution in [0.4, 0.5) is 0 Å². The Labute approximate surface area is 140 Å². The lowest BCUT2D eigenvalue weighted by atomic mass is 10.0. The van der Waals surface area contributed by atoms with Gasteiger partial charge in [-0.15, -0.1) is 0 Å². The zero-order chi connectivity index (χ0) is 18.3. The van der Waals surface area contributed by atoms with E-state index in [-0.39, 0.29) is 22.2 Å². The van der Waals surface area contributed by atoms with Crippen molar-refractivity contribution < 1.29 is 19.1 Å². The molecular weight excluding hydrogens is 328 g/mol. The van der Waals surface area contributed by atoms with Gasteiger partial charge in [0.2, 0.25) is 0 Å². The van der Waals surface area contributed by atoms with Gasteiger partial charge in [-0.1, -0.05) is 0 Å². The first-order valence-electron chi connectivity index (χ1n) is 7.27. The zero-order valence-corrected chi connectivity index (χ0v) is 13.7. The van der Waals surface area contributed by atoms with Crippen molar-refractivity contribution in [1.29, 1.82) is 0 Å². The van der Waals surface area contributed by atoms with E-state index in [0.717, 1.165) is 12.1 Å². The standard InChI is InChI=1S/C17H14N2O6/c1-7-4-8-13(11(20)5-9(18-8)16(22)24-2)14-12(21)6-10(17(23)25-3)19-15(7)14/h4-6H,1-3H3,(H,18,20)(H,19,21). The summed E-state index contributed by atoms with van der Waals surface area (Å²) in [4.78, 5) is 54.0. The lowest BCUT2D eigenvalue weighted by Crippen LogP contribution is -2.16. The van der Waals surface area contributed by atoms with E-state index >= 15 is 0 Å². The van der Waals surface area contributed by atoms with Crippen LogP contribution in [0, 0.1) is 6.92 Å². The van der Waals surface area contributed by atoms with Crippen molar-refractivity contribution >= 4 is 33.7 Å². The van der Waals surface area contributed by atoms with Crippen LogP contribution >= 0.6 is 0 Å². The van der Waals surface area contributed by atoms with Crippen molar-refractivity contribution in [2.24, 2.45) is 0 Å². The summed E-state index contributed by atoms with van der Waals surface area (Å²) in [7, 11) is 2.41. The van der Waals surface area contributed by atoms with E-state index in [1.54, 1.807) is 13.0 Å². The largest absolute Gasteiger partial charge is 0.464 e. The third-order valence-electron chi connectivity index (χ3n) is 3.91. The maximum Gasteiger partial charge on any atom is 0.354 e. The number of esters is 2. The molecule has 0 unspecified atom stereocenters. The minimum atomic E-state index is -0.688. The Morgan fingerprint density at radius 1 is 0.840 bits per heavy atom. The number of fused-ring (bicyclic) bond motifs is 3. The molecule has 0 bridgehead atoms. The van der Waals surface area contributed by atoms with Gasteiger partial charge < -0.3 is 19.4 Å². The number of hydrogen-bond acceptors (Lipinski definition) is 6.